The van der Waals surface area contributed by atoms with Crippen molar-refractivity contribution >= 4 is 17.7 Å². The number of amides is 3. The average molecular weight is 679 g/mol. The Morgan fingerprint density at radius 3 is 2.35 bits per heavy atom. The van der Waals surface area contributed by atoms with Crippen molar-refractivity contribution in [3.63, 3.8) is 0 Å². The molecule has 4 rings (SSSR count). The second kappa shape index (κ2) is 17.3. The molecule has 264 valence electrons. The normalized spacial score (nSPS) is 18.4. The molecule has 9 nitrogen and oxygen atoms in total. The van der Waals surface area contributed by atoms with Gasteiger partial charge in [0.1, 0.15) is 29.0 Å². The Labute approximate surface area is 287 Å². The largest absolute Gasteiger partial charge is 0.497 e. The molecule has 1 aliphatic rings. The molecule has 3 aromatic carbocycles. The van der Waals surface area contributed by atoms with Crippen LogP contribution in [-0.2, 0) is 33.8 Å². The number of carbonyl (C=O) groups excluding carboxylic acids is 3. The molecule has 1 fully saturated rings. The molecule has 1 saturated heterocycles. The van der Waals surface area contributed by atoms with Gasteiger partial charge < -0.3 is 30.7 Å². The van der Waals surface area contributed by atoms with Crippen LogP contribution in [0, 0.1) is 17.6 Å². The number of aliphatic hydroxyl groups is 1. The molecule has 3 aromatic rings. The zero-order chi connectivity index (χ0) is 35.6. The van der Waals surface area contributed by atoms with Crippen LogP contribution in [-0.4, -0.2) is 71.7 Å². The van der Waals surface area contributed by atoms with Gasteiger partial charge >= 0.3 is 0 Å². The SMILES string of the molecule is CC[C@H](C)[C@@]1(NC(C)=O)CCN(C(CCc2ccccc2)C(=O)NC(Cc2cc(F)cc(F)c2)C(O)CNCc2cccc(OC)c2)C1=O. The number of carbonyl (C=O) groups is 3. The van der Waals surface area contributed by atoms with E-state index in [1.807, 2.05) is 68.4 Å². The van der Waals surface area contributed by atoms with E-state index in [9.17, 15) is 28.3 Å². The van der Waals surface area contributed by atoms with Crippen LogP contribution in [0.25, 0.3) is 0 Å². The van der Waals surface area contributed by atoms with E-state index in [0.717, 1.165) is 17.2 Å². The lowest BCUT2D eigenvalue weighted by molar-refractivity contribution is -0.144. The predicted molar refractivity (Wildman–Crippen MR) is 184 cm³/mol. The van der Waals surface area contributed by atoms with Crippen molar-refractivity contribution in [1.29, 1.82) is 0 Å². The number of halogens is 2. The second-order valence-electron chi connectivity index (χ2n) is 12.9. The van der Waals surface area contributed by atoms with E-state index in [-0.39, 0.29) is 49.2 Å². The van der Waals surface area contributed by atoms with Crippen LogP contribution in [0.5, 0.6) is 5.75 Å². The van der Waals surface area contributed by atoms with Gasteiger partial charge in [0, 0.05) is 32.6 Å². The summed E-state index contributed by atoms with van der Waals surface area (Å²) in [6, 6.07) is 18.2. The molecule has 11 heteroatoms. The molecule has 49 heavy (non-hydrogen) atoms. The number of benzene rings is 3. The van der Waals surface area contributed by atoms with Crippen molar-refractivity contribution in [3.05, 3.63) is 101 Å². The highest BCUT2D eigenvalue weighted by Crippen LogP contribution is 2.34. The minimum atomic E-state index is -1.16. The van der Waals surface area contributed by atoms with Crippen LogP contribution in [0.1, 0.15) is 56.7 Å². The van der Waals surface area contributed by atoms with Crippen molar-refractivity contribution < 1.29 is 33.0 Å². The minimum Gasteiger partial charge on any atom is -0.497 e. The van der Waals surface area contributed by atoms with Gasteiger partial charge in [-0.3, -0.25) is 14.4 Å². The lowest BCUT2D eigenvalue weighted by Gasteiger charge is -2.36. The molecule has 0 spiro atoms. The summed E-state index contributed by atoms with van der Waals surface area (Å²) in [6.45, 7) is 5.94. The van der Waals surface area contributed by atoms with E-state index < -0.39 is 41.3 Å². The van der Waals surface area contributed by atoms with Crippen molar-refractivity contribution in [1.82, 2.24) is 20.9 Å². The number of nitrogens with zero attached hydrogens (tertiary/aromatic N) is 1. The molecule has 0 bridgehead atoms. The maximum atomic E-state index is 14.3. The molecule has 0 saturated carbocycles. The Morgan fingerprint density at radius 1 is 1.00 bits per heavy atom. The predicted octanol–water partition coefficient (Wildman–Crippen LogP) is 4.31. The van der Waals surface area contributed by atoms with E-state index in [2.05, 4.69) is 16.0 Å². The fourth-order valence-corrected chi connectivity index (χ4v) is 6.63. The molecule has 4 N–H and O–H groups in total. The fourth-order valence-electron chi connectivity index (χ4n) is 6.63. The maximum absolute atomic E-state index is 14.3. The highest BCUT2D eigenvalue weighted by Gasteiger charge is 2.53. The summed E-state index contributed by atoms with van der Waals surface area (Å²) < 4.78 is 33.7. The zero-order valence-corrected chi connectivity index (χ0v) is 28.7. The first-order valence-corrected chi connectivity index (χ1v) is 16.9. The summed E-state index contributed by atoms with van der Waals surface area (Å²) in [5.41, 5.74) is 1.01. The third-order valence-electron chi connectivity index (χ3n) is 9.46. The molecule has 3 amide bonds. The second-order valence-corrected chi connectivity index (χ2v) is 12.9. The van der Waals surface area contributed by atoms with Gasteiger partial charge in [0.25, 0.3) is 0 Å². The first-order chi connectivity index (χ1) is 23.4. The Kier molecular flexibility index (Phi) is 13.3. The standard InChI is InChI=1S/C38H48F2N4O5/c1-5-25(2)38(43-26(3)45)16-17-44(37(38)48)34(15-14-27-10-7-6-8-11-27)36(47)42-33(21-29-18-30(39)22-31(40)19-29)35(46)24-41-23-28-12-9-13-32(20-28)49-4/h6-13,18-20,22,25,33-35,41,46H,5,14-17,21,23-24H2,1-4H3,(H,42,47)(H,43,45)/t25-,33?,34?,35?,38-/m0/s1. The zero-order valence-electron chi connectivity index (χ0n) is 28.7. The van der Waals surface area contributed by atoms with Gasteiger partial charge in [-0.2, -0.15) is 0 Å². The summed E-state index contributed by atoms with van der Waals surface area (Å²) in [5, 5.41) is 20.5. The van der Waals surface area contributed by atoms with Crippen molar-refractivity contribution in [2.45, 2.75) is 83.1 Å². The quantitative estimate of drug-likeness (QED) is 0.169. The maximum Gasteiger partial charge on any atom is 0.249 e. The lowest BCUT2D eigenvalue weighted by atomic mass is 9.81. The van der Waals surface area contributed by atoms with Crippen LogP contribution in [0.4, 0.5) is 8.78 Å². The van der Waals surface area contributed by atoms with E-state index in [4.69, 9.17) is 4.74 Å². The van der Waals surface area contributed by atoms with Crippen LogP contribution < -0.4 is 20.7 Å². The smallest absolute Gasteiger partial charge is 0.249 e. The summed E-state index contributed by atoms with van der Waals surface area (Å²) >= 11 is 0. The van der Waals surface area contributed by atoms with E-state index >= 15 is 0 Å². The monoisotopic (exact) mass is 678 g/mol. The van der Waals surface area contributed by atoms with Gasteiger partial charge in [0.05, 0.1) is 19.3 Å². The number of ether oxygens (including phenoxy) is 1. The van der Waals surface area contributed by atoms with Gasteiger partial charge in [0.2, 0.25) is 17.7 Å². The van der Waals surface area contributed by atoms with E-state index in [1.54, 1.807) is 7.11 Å². The summed E-state index contributed by atoms with van der Waals surface area (Å²) in [5.74, 6) is -2.18. The summed E-state index contributed by atoms with van der Waals surface area (Å²) in [7, 11) is 1.58. The number of methoxy groups -OCH3 is 1. The highest BCUT2D eigenvalue weighted by atomic mass is 19.1. The molecular weight excluding hydrogens is 630 g/mol. The van der Waals surface area contributed by atoms with Crippen LogP contribution in [0.3, 0.4) is 0 Å². The van der Waals surface area contributed by atoms with Crippen molar-refractivity contribution in [2.75, 3.05) is 20.2 Å². The molecule has 5 atom stereocenters. The number of hydrogen-bond acceptors (Lipinski definition) is 6. The molecule has 1 aliphatic heterocycles. The molecule has 1 heterocycles. The Hall–Kier alpha value is -4.35. The molecular formula is C38H48F2N4O5. The van der Waals surface area contributed by atoms with Crippen LogP contribution >= 0.6 is 0 Å². The first-order valence-electron chi connectivity index (χ1n) is 16.9. The number of hydrogen-bond donors (Lipinski definition) is 4. The topological polar surface area (TPSA) is 120 Å². The number of nitrogens with one attached hydrogen (secondary N) is 3. The van der Waals surface area contributed by atoms with Crippen LogP contribution in [0.15, 0.2) is 72.8 Å². The number of aliphatic hydroxyl groups excluding tert-OH is 1. The third-order valence-corrected chi connectivity index (χ3v) is 9.46. The van der Waals surface area contributed by atoms with Crippen molar-refractivity contribution in [2.24, 2.45) is 5.92 Å². The number of rotatable bonds is 17. The van der Waals surface area contributed by atoms with E-state index in [0.29, 0.717) is 31.6 Å². The molecule has 3 unspecified atom stereocenters. The Bertz CT molecular complexity index is 1550. The van der Waals surface area contributed by atoms with Gasteiger partial charge in [-0.05, 0) is 72.6 Å². The van der Waals surface area contributed by atoms with Gasteiger partial charge in [0.15, 0.2) is 0 Å². The fraction of sp³-hybridized carbons (Fsp3) is 0.447. The lowest BCUT2D eigenvalue weighted by Crippen LogP contribution is -2.60. The Balaban J connectivity index is 1.60. The average Bonchev–Trinajstić information content (AvgIpc) is 3.39. The minimum absolute atomic E-state index is 0.0525. The van der Waals surface area contributed by atoms with Crippen molar-refractivity contribution in [3.8, 4) is 5.75 Å². The third kappa shape index (κ3) is 9.86. The summed E-state index contributed by atoms with van der Waals surface area (Å²) in [4.78, 5) is 42.3. The van der Waals surface area contributed by atoms with Gasteiger partial charge in [-0.1, -0.05) is 62.7 Å². The number of likely N-dealkylation sites (tertiary alicyclic amines) is 1. The van der Waals surface area contributed by atoms with Crippen LogP contribution in [0.2, 0.25) is 0 Å². The highest BCUT2D eigenvalue weighted by molar-refractivity contribution is 5.96. The van der Waals surface area contributed by atoms with E-state index in [1.165, 1.54) is 24.0 Å². The molecule has 0 aromatic heterocycles. The van der Waals surface area contributed by atoms with Gasteiger partial charge in [-0.15, -0.1) is 0 Å². The van der Waals surface area contributed by atoms with Gasteiger partial charge in [-0.25, -0.2) is 8.78 Å². The number of aryl methyl sites for hydroxylation is 1. The molecule has 0 radical (unpaired) electrons. The Morgan fingerprint density at radius 2 is 1.69 bits per heavy atom. The first kappa shape index (κ1) is 37.5. The molecule has 0 aliphatic carbocycles. The summed E-state index contributed by atoms with van der Waals surface area (Å²) in [6.07, 6.45) is 0.529.